The van der Waals surface area contributed by atoms with E-state index in [1.165, 1.54) is 24.3 Å². The van der Waals surface area contributed by atoms with E-state index < -0.39 is 23.5 Å². The van der Waals surface area contributed by atoms with Gasteiger partial charge in [-0.1, -0.05) is 48.5 Å². The summed E-state index contributed by atoms with van der Waals surface area (Å²) in [7, 11) is 0. The Bertz CT molecular complexity index is 1150. The third-order valence-electron chi connectivity index (χ3n) is 4.88. The second kappa shape index (κ2) is 9.59. The van der Waals surface area contributed by atoms with Crippen molar-refractivity contribution in [1.29, 1.82) is 0 Å². The number of carbonyl (C=O) groups excluding carboxylic acids is 1. The predicted molar refractivity (Wildman–Crippen MR) is 115 cm³/mol. The fraction of sp³-hybridized carbons (Fsp3) is 0.167. The summed E-state index contributed by atoms with van der Waals surface area (Å²) in [6.45, 7) is 13.0. The largest absolute Gasteiger partial charge is 0.458 e. The van der Waals surface area contributed by atoms with Crippen LogP contribution in [0.1, 0.15) is 24.0 Å². The Morgan fingerprint density at radius 3 is 2.71 bits per heavy atom. The maximum atomic E-state index is 14.3. The van der Waals surface area contributed by atoms with Crippen LogP contribution in [0.25, 0.3) is 4.85 Å². The van der Waals surface area contributed by atoms with Crippen LogP contribution in [0.3, 0.4) is 0 Å². The van der Waals surface area contributed by atoms with Gasteiger partial charge in [0, 0.05) is 22.8 Å². The molecule has 0 amide bonds. The minimum absolute atomic E-state index is 0.0152. The van der Waals surface area contributed by atoms with E-state index in [-0.39, 0.29) is 29.3 Å². The highest BCUT2D eigenvalue weighted by Crippen LogP contribution is 2.42. The second-order valence-corrected chi connectivity index (χ2v) is 7.30. The topological polar surface area (TPSA) is 42.7 Å². The van der Waals surface area contributed by atoms with Crippen molar-refractivity contribution in [3.8, 4) is 0 Å². The Morgan fingerprint density at radius 1 is 1.32 bits per heavy atom. The molecule has 0 aromatic heterocycles. The normalized spacial score (nSPS) is 15.9. The van der Waals surface area contributed by atoms with Crippen LogP contribution in [-0.2, 0) is 16.0 Å². The van der Waals surface area contributed by atoms with Crippen LogP contribution in [0, 0.1) is 18.2 Å². The van der Waals surface area contributed by atoms with Gasteiger partial charge in [-0.2, -0.15) is 0 Å². The summed E-state index contributed by atoms with van der Waals surface area (Å²) in [4.78, 5) is 16.5. The standard InChI is InChI=1S/C24H19ClF2N2O2/c1-4-11-31-24(30)21-14(2)29-20(12-15-7-5-6-8-19(15)27)23(28-3)22(21)17-10-9-16(26)13-18(17)25/h4-10,13,22,29H,1,11-12H2,2H3. The van der Waals surface area contributed by atoms with Crippen molar-refractivity contribution in [3.63, 3.8) is 0 Å². The van der Waals surface area contributed by atoms with Crippen LogP contribution in [0.4, 0.5) is 8.78 Å². The van der Waals surface area contributed by atoms with Crippen LogP contribution in [0.15, 0.2) is 77.8 Å². The molecule has 1 atom stereocenters. The molecule has 0 saturated heterocycles. The van der Waals surface area contributed by atoms with Gasteiger partial charge in [0.25, 0.3) is 0 Å². The molecule has 1 unspecified atom stereocenters. The lowest BCUT2D eigenvalue weighted by atomic mass is 9.83. The van der Waals surface area contributed by atoms with Crippen LogP contribution >= 0.6 is 11.6 Å². The molecule has 1 aliphatic rings. The number of nitrogens with zero attached hydrogens (tertiary/aromatic N) is 1. The molecule has 1 N–H and O–H groups in total. The number of hydrogen-bond donors (Lipinski definition) is 1. The van der Waals surface area contributed by atoms with E-state index >= 15 is 0 Å². The number of rotatable bonds is 6. The van der Waals surface area contributed by atoms with E-state index in [4.69, 9.17) is 22.9 Å². The van der Waals surface area contributed by atoms with E-state index in [9.17, 15) is 13.6 Å². The van der Waals surface area contributed by atoms with Crippen molar-refractivity contribution in [2.45, 2.75) is 19.3 Å². The minimum atomic E-state index is -0.897. The summed E-state index contributed by atoms with van der Waals surface area (Å²) in [5.74, 6) is -2.50. The molecule has 0 fully saturated rings. The quantitative estimate of drug-likeness (QED) is 0.357. The van der Waals surface area contributed by atoms with E-state index in [0.717, 1.165) is 6.07 Å². The van der Waals surface area contributed by atoms with Gasteiger partial charge in [-0.15, -0.1) is 0 Å². The highest BCUT2D eigenvalue weighted by atomic mass is 35.5. The van der Waals surface area contributed by atoms with Crippen LogP contribution in [0.2, 0.25) is 5.02 Å². The Morgan fingerprint density at radius 2 is 2.06 bits per heavy atom. The minimum Gasteiger partial charge on any atom is -0.458 e. The molecule has 0 radical (unpaired) electrons. The first-order chi connectivity index (χ1) is 14.9. The van der Waals surface area contributed by atoms with Crippen LogP contribution < -0.4 is 5.32 Å². The zero-order chi connectivity index (χ0) is 22.5. The Hall–Kier alpha value is -3.43. The van der Waals surface area contributed by atoms with Crippen LogP contribution in [-0.4, -0.2) is 12.6 Å². The molecule has 0 saturated carbocycles. The molecule has 1 heterocycles. The summed E-state index contributed by atoms with van der Waals surface area (Å²) in [5, 5.41) is 3.14. The molecular formula is C24H19ClF2N2O2. The Labute approximate surface area is 184 Å². The van der Waals surface area contributed by atoms with Gasteiger partial charge in [-0.25, -0.2) is 18.4 Å². The fourth-order valence-corrected chi connectivity index (χ4v) is 3.78. The molecule has 0 bridgehead atoms. The maximum Gasteiger partial charge on any atom is 0.335 e. The SMILES string of the molecule is [C-]#[N+]C1=C(Cc2ccccc2F)NC(C)=C(C(=O)OCC=C)C1c1ccc(F)cc1Cl. The molecule has 158 valence electrons. The first kappa shape index (κ1) is 22.3. The number of allylic oxidation sites excluding steroid dienone is 3. The van der Waals surface area contributed by atoms with Gasteiger partial charge < -0.3 is 10.1 Å². The van der Waals surface area contributed by atoms with E-state index in [1.807, 2.05) is 0 Å². The number of ether oxygens (including phenoxy) is 1. The number of nitrogens with one attached hydrogen (secondary N) is 1. The first-order valence-electron chi connectivity index (χ1n) is 9.42. The maximum absolute atomic E-state index is 14.3. The highest BCUT2D eigenvalue weighted by Gasteiger charge is 2.37. The summed E-state index contributed by atoms with van der Waals surface area (Å²) in [5.41, 5.74) is 1.99. The van der Waals surface area contributed by atoms with Crippen molar-refractivity contribution in [3.05, 3.63) is 117 Å². The average Bonchev–Trinajstić information content (AvgIpc) is 2.73. The summed E-state index contributed by atoms with van der Waals surface area (Å²) in [6.07, 6.45) is 1.53. The van der Waals surface area contributed by atoms with E-state index in [1.54, 1.807) is 25.1 Å². The summed E-state index contributed by atoms with van der Waals surface area (Å²) >= 11 is 6.30. The molecule has 0 aliphatic carbocycles. The third-order valence-corrected chi connectivity index (χ3v) is 5.21. The lowest BCUT2D eigenvalue weighted by Crippen LogP contribution is -2.30. The van der Waals surface area contributed by atoms with Crippen molar-refractivity contribution < 1.29 is 18.3 Å². The number of esters is 1. The smallest absolute Gasteiger partial charge is 0.335 e. The lowest BCUT2D eigenvalue weighted by Gasteiger charge is -2.30. The molecular weight excluding hydrogens is 422 g/mol. The first-order valence-corrected chi connectivity index (χ1v) is 9.79. The molecule has 31 heavy (non-hydrogen) atoms. The zero-order valence-corrected chi connectivity index (χ0v) is 17.5. The van der Waals surface area contributed by atoms with Crippen molar-refractivity contribution in [1.82, 2.24) is 5.32 Å². The zero-order valence-electron chi connectivity index (χ0n) is 16.7. The molecule has 2 aromatic rings. The van der Waals surface area contributed by atoms with Crippen molar-refractivity contribution in [2.24, 2.45) is 0 Å². The van der Waals surface area contributed by atoms with Gasteiger partial charge in [-0.05, 0) is 36.2 Å². The van der Waals surface area contributed by atoms with Crippen LogP contribution in [0.5, 0.6) is 0 Å². The van der Waals surface area contributed by atoms with Gasteiger partial charge >= 0.3 is 5.97 Å². The van der Waals surface area contributed by atoms with Gasteiger partial charge in [-0.3, -0.25) is 0 Å². The lowest BCUT2D eigenvalue weighted by molar-refractivity contribution is -0.138. The monoisotopic (exact) mass is 440 g/mol. The molecule has 1 aliphatic heterocycles. The molecule has 2 aromatic carbocycles. The van der Waals surface area contributed by atoms with E-state index in [2.05, 4.69) is 16.7 Å². The van der Waals surface area contributed by atoms with Gasteiger partial charge in [0.1, 0.15) is 18.2 Å². The number of halogens is 3. The summed E-state index contributed by atoms with van der Waals surface area (Å²) in [6, 6.07) is 10.0. The van der Waals surface area contributed by atoms with Gasteiger partial charge in [0.2, 0.25) is 0 Å². The molecule has 3 rings (SSSR count). The number of hydrogen-bond acceptors (Lipinski definition) is 3. The number of dihydropyridines is 1. The van der Waals surface area contributed by atoms with Crippen molar-refractivity contribution in [2.75, 3.05) is 6.61 Å². The highest BCUT2D eigenvalue weighted by molar-refractivity contribution is 6.31. The van der Waals surface area contributed by atoms with Crippen molar-refractivity contribution >= 4 is 17.6 Å². The Balaban J connectivity index is 2.17. The van der Waals surface area contributed by atoms with Gasteiger partial charge in [0.05, 0.1) is 18.1 Å². The summed E-state index contributed by atoms with van der Waals surface area (Å²) < 4.78 is 33.2. The molecule has 4 nitrogen and oxygen atoms in total. The molecule has 0 spiro atoms. The fourth-order valence-electron chi connectivity index (χ4n) is 3.51. The Kier molecular flexibility index (Phi) is 6.88. The number of benzene rings is 2. The van der Waals surface area contributed by atoms with E-state index in [0.29, 0.717) is 22.5 Å². The van der Waals surface area contributed by atoms with Gasteiger partial charge in [0.15, 0.2) is 5.70 Å². The second-order valence-electron chi connectivity index (χ2n) is 6.89. The average molecular weight is 441 g/mol. The predicted octanol–water partition coefficient (Wildman–Crippen LogP) is 5.68. The number of carbonyl (C=O) groups is 1. The third kappa shape index (κ3) is 4.68. The molecule has 7 heteroatoms.